The zero-order chi connectivity index (χ0) is 11.7. The third-order valence-electron chi connectivity index (χ3n) is 1.67. The van der Waals surface area contributed by atoms with Crippen molar-refractivity contribution in [2.75, 3.05) is 6.54 Å². The molecule has 0 saturated heterocycles. The minimum Gasteiger partial charge on any atom is -0.285 e. The van der Waals surface area contributed by atoms with Crippen molar-refractivity contribution in [3.63, 3.8) is 0 Å². The molecule has 1 aliphatic carbocycles. The summed E-state index contributed by atoms with van der Waals surface area (Å²) in [4.78, 5) is 4.39. The second kappa shape index (κ2) is 7.98. The summed E-state index contributed by atoms with van der Waals surface area (Å²) in [5.74, 6) is 0. The van der Waals surface area contributed by atoms with Gasteiger partial charge in [0.1, 0.15) is 0 Å². The van der Waals surface area contributed by atoms with Crippen molar-refractivity contribution < 1.29 is 0 Å². The maximum atomic E-state index is 4.39. The van der Waals surface area contributed by atoms with Gasteiger partial charge >= 0.3 is 0 Å². The molecule has 0 aromatic rings. The largest absolute Gasteiger partial charge is 0.285 e. The topological polar surface area (TPSA) is 12.4 Å². The van der Waals surface area contributed by atoms with Crippen molar-refractivity contribution in [2.45, 2.75) is 27.7 Å². The highest BCUT2D eigenvalue weighted by Gasteiger charge is 2.01. The normalized spacial score (nSPS) is 18.9. The molecule has 0 atom stereocenters. The fourth-order valence-electron chi connectivity index (χ4n) is 1.19. The van der Waals surface area contributed by atoms with E-state index in [0.29, 0.717) is 0 Å². The molecule has 15 heavy (non-hydrogen) atoms. The van der Waals surface area contributed by atoms with E-state index in [1.165, 1.54) is 0 Å². The first kappa shape index (κ1) is 13.6. The molecule has 0 radical (unpaired) electrons. The van der Waals surface area contributed by atoms with Crippen molar-refractivity contribution in [2.24, 2.45) is 4.99 Å². The molecule has 1 rings (SSSR count). The summed E-state index contributed by atoms with van der Waals surface area (Å²) in [6.45, 7) is 12.7. The number of hydrogen-bond acceptors (Lipinski definition) is 1. The Morgan fingerprint density at radius 3 is 2.47 bits per heavy atom. The zero-order valence-corrected chi connectivity index (χ0v) is 10.2. The third kappa shape index (κ3) is 5.16. The van der Waals surface area contributed by atoms with Crippen LogP contribution in [0.2, 0.25) is 0 Å². The molecule has 0 N–H and O–H groups in total. The molecule has 82 valence electrons. The predicted molar refractivity (Wildman–Crippen MR) is 70.5 cm³/mol. The van der Waals surface area contributed by atoms with Crippen LogP contribution in [-0.4, -0.2) is 12.3 Å². The molecule has 0 unspecified atom stereocenters. The minimum absolute atomic E-state index is 0.820. The van der Waals surface area contributed by atoms with Crippen LogP contribution in [0.3, 0.4) is 0 Å². The first-order valence-corrected chi connectivity index (χ1v) is 5.51. The summed E-state index contributed by atoms with van der Waals surface area (Å²) < 4.78 is 0. The molecule has 0 bridgehead atoms. The highest BCUT2D eigenvalue weighted by atomic mass is 14.7. The van der Waals surface area contributed by atoms with Crippen LogP contribution in [0, 0.1) is 0 Å². The SMILES string of the molecule is C=C(C)/C=C1/C=CC=CC1=NCC.CC. The van der Waals surface area contributed by atoms with Gasteiger partial charge in [0.2, 0.25) is 0 Å². The maximum absolute atomic E-state index is 4.39. The van der Waals surface area contributed by atoms with E-state index < -0.39 is 0 Å². The van der Waals surface area contributed by atoms with E-state index in [-0.39, 0.29) is 0 Å². The van der Waals surface area contributed by atoms with E-state index in [2.05, 4.69) is 23.7 Å². The molecule has 1 heteroatoms. The van der Waals surface area contributed by atoms with Gasteiger partial charge in [-0.2, -0.15) is 0 Å². The summed E-state index contributed by atoms with van der Waals surface area (Å²) in [6, 6.07) is 0. The van der Waals surface area contributed by atoms with Crippen LogP contribution in [0.15, 0.2) is 53.1 Å². The van der Waals surface area contributed by atoms with E-state index in [1.54, 1.807) is 0 Å². The average Bonchev–Trinajstić information content (AvgIpc) is 2.23. The lowest BCUT2D eigenvalue weighted by Gasteiger charge is -2.06. The monoisotopic (exact) mass is 203 g/mol. The highest BCUT2D eigenvalue weighted by molar-refractivity contribution is 6.11. The van der Waals surface area contributed by atoms with E-state index in [4.69, 9.17) is 0 Å². The van der Waals surface area contributed by atoms with Gasteiger partial charge in [0.25, 0.3) is 0 Å². The minimum atomic E-state index is 0.820. The quantitative estimate of drug-likeness (QED) is 0.640. The van der Waals surface area contributed by atoms with Gasteiger partial charge in [0, 0.05) is 6.54 Å². The summed E-state index contributed by atoms with van der Waals surface area (Å²) in [6.07, 6.45) is 10.2. The van der Waals surface area contributed by atoms with Crippen molar-refractivity contribution >= 4 is 5.71 Å². The Labute approximate surface area is 93.6 Å². The first-order chi connectivity index (χ1) is 7.24. The number of nitrogens with zero attached hydrogens (tertiary/aromatic N) is 1. The van der Waals surface area contributed by atoms with Gasteiger partial charge in [-0.1, -0.05) is 50.3 Å². The van der Waals surface area contributed by atoms with Gasteiger partial charge in [0.15, 0.2) is 0 Å². The van der Waals surface area contributed by atoms with Crippen LogP contribution in [0.4, 0.5) is 0 Å². The van der Waals surface area contributed by atoms with E-state index >= 15 is 0 Å². The Morgan fingerprint density at radius 2 is 1.93 bits per heavy atom. The Balaban J connectivity index is 0.000000921. The molecule has 0 spiro atoms. The second-order valence-corrected chi connectivity index (χ2v) is 3.02. The van der Waals surface area contributed by atoms with Gasteiger partial charge in [-0.3, -0.25) is 4.99 Å². The van der Waals surface area contributed by atoms with Gasteiger partial charge in [-0.25, -0.2) is 0 Å². The molecule has 0 aromatic carbocycles. The highest BCUT2D eigenvalue weighted by Crippen LogP contribution is 2.10. The molecule has 1 aliphatic rings. The van der Waals surface area contributed by atoms with Crippen LogP contribution in [0.25, 0.3) is 0 Å². The van der Waals surface area contributed by atoms with E-state index in [1.807, 2.05) is 45.9 Å². The molecule has 1 nitrogen and oxygen atoms in total. The Hall–Kier alpha value is -1.37. The molecule has 0 heterocycles. The Morgan fingerprint density at radius 1 is 1.33 bits per heavy atom. The van der Waals surface area contributed by atoms with Crippen LogP contribution in [0.1, 0.15) is 27.7 Å². The number of allylic oxidation sites excluding steroid dienone is 7. The van der Waals surface area contributed by atoms with Crippen molar-refractivity contribution in [1.82, 2.24) is 0 Å². The molecule has 0 aliphatic heterocycles. The zero-order valence-electron chi connectivity index (χ0n) is 10.2. The number of hydrogen-bond donors (Lipinski definition) is 0. The fraction of sp³-hybridized carbons (Fsp3) is 0.357. The lowest BCUT2D eigenvalue weighted by Crippen LogP contribution is -2.00. The smallest absolute Gasteiger partial charge is 0.0646 e. The number of rotatable bonds is 2. The van der Waals surface area contributed by atoms with Crippen molar-refractivity contribution in [1.29, 1.82) is 0 Å². The molecule has 0 amide bonds. The average molecular weight is 203 g/mol. The van der Waals surface area contributed by atoms with Crippen LogP contribution < -0.4 is 0 Å². The van der Waals surface area contributed by atoms with Gasteiger partial charge in [-0.05, 0) is 25.5 Å². The standard InChI is InChI=1S/C12H15N.C2H6/c1-4-13-12-8-6-5-7-11(12)9-10(2)3;1-2/h5-9H,2,4H2,1,3H3;1-2H3/b11-9-,13-12?;. The van der Waals surface area contributed by atoms with Gasteiger partial charge in [0.05, 0.1) is 5.71 Å². The molecule has 0 aromatic heterocycles. The molecular formula is C14H21N. The van der Waals surface area contributed by atoms with Crippen LogP contribution in [0.5, 0.6) is 0 Å². The van der Waals surface area contributed by atoms with Crippen molar-refractivity contribution in [3.8, 4) is 0 Å². The summed E-state index contributed by atoms with van der Waals surface area (Å²) >= 11 is 0. The first-order valence-electron chi connectivity index (χ1n) is 5.51. The fourth-order valence-corrected chi connectivity index (χ4v) is 1.19. The van der Waals surface area contributed by atoms with Gasteiger partial charge < -0.3 is 0 Å². The van der Waals surface area contributed by atoms with Gasteiger partial charge in [-0.15, -0.1) is 0 Å². The lowest BCUT2D eigenvalue weighted by molar-refractivity contribution is 1.13. The summed E-state index contributed by atoms with van der Waals surface area (Å²) in [7, 11) is 0. The maximum Gasteiger partial charge on any atom is 0.0646 e. The van der Waals surface area contributed by atoms with E-state index in [0.717, 1.165) is 23.4 Å². The molecule has 0 saturated carbocycles. The van der Waals surface area contributed by atoms with Crippen LogP contribution in [-0.2, 0) is 0 Å². The third-order valence-corrected chi connectivity index (χ3v) is 1.67. The molecule has 0 fully saturated rings. The number of aliphatic imine (C=N–C) groups is 1. The lowest BCUT2D eigenvalue weighted by atomic mass is 10.0. The van der Waals surface area contributed by atoms with Crippen molar-refractivity contribution in [3.05, 3.63) is 48.1 Å². The Bertz CT molecular complexity index is 314. The Kier molecular flexibility index (Phi) is 7.25. The summed E-state index contributed by atoms with van der Waals surface area (Å²) in [5, 5.41) is 0. The predicted octanol–water partition coefficient (Wildman–Crippen LogP) is 4.10. The second-order valence-electron chi connectivity index (χ2n) is 3.02. The van der Waals surface area contributed by atoms with E-state index in [9.17, 15) is 0 Å². The van der Waals surface area contributed by atoms with Crippen LogP contribution >= 0.6 is 0 Å². The summed E-state index contributed by atoms with van der Waals surface area (Å²) in [5.41, 5.74) is 3.25. The molecular weight excluding hydrogens is 182 g/mol.